The van der Waals surface area contributed by atoms with E-state index < -0.39 is 15.8 Å². The lowest BCUT2D eigenvalue weighted by atomic mass is 10.0. The number of carbonyl (C=O) groups excluding carboxylic acids is 1. The number of sulfonamides is 1. The van der Waals surface area contributed by atoms with Crippen LogP contribution in [-0.2, 0) is 16.6 Å². The van der Waals surface area contributed by atoms with E-state index in [1.165, 1.54) is 24.3 Å². The van der Waals surface area contributed by atoms with Crippen molar-refractivity contribution in [3.8, 4) is 5.75 Å². The zero-order chi connectivity index (χ0) is 25.0. The molecule has 0 atom stereocenters. The lowest BCUT2D eigenvalue weighted by Crippen LogP contribution is -2.29. The summed E-state index contributed by atoms with van der Waals surface area (Å²) < 4.78 is 45.4. The van der Waals surface area contributed by atoms with Crippen LogP contribution >= 0.6 is 0 Å². The van der Waals surface area contributed by atoms with E-state index in [0.717, 1.165) is 32.9 Å². The van der Waals surface area contributed by atoms with E-state index in [0.29, 0.717) is 29.2 Å². The number of amides is 1. The van der Waals surface area contributed by atoms with E-state index >= 15 is 0 Å². The number of nitrogens with one attached hydrogen (secondary N) is 1. The predicted molar refractivity (Wildman–Crippen MR) is 134 cm³/mol. The summed E-state index contributed by atoms with van der Waals surface area (Å²) in [6, 6.07) is 14.1. The molecule has 0 saturated carbocycles. The van der Waals surface area contributed by atoms with Crippen LogP contribution in [0, 0.1) is 26.6 Å². The number of halogens is 1. The summed E-state index contributed by atoms with van der Waals surface area (Å²) in [4.78, 5) is 13.1. The minimum absolute atomic E-state index is 0.0799. The van der Waals surface area contributed by atoms with Crippen molar-refractivity contribution in [3.63, 3.8) is 0 Å². The number of nitrogens with zero attached hydrogens (tertiary/aromatic N) is 1. The number of carbonyl (C=O) groups is 1. The van der Waals surface area contributed by atoms with Gasteiger partial charge >= 0.3 is 0 Å². The molecule has 34 heavy (non-hydrogen) atoms. The van der Waals surface area contributed by atoms with Crippen LogP contribution in [0.2, 0.25) is 0 Å². The Morgan fingerprint density at radius 3 is 2.18 bits per heavy atom. The molecule has 1 N–H and O–H groups in total. The van der Waals surface area contributed by atoms with Crippen LogP contribution in [-0.4, -0.2) is 27.2 Å². The highest BCUT2D eigenvalue weighted by Gasteiger charge is 2.21. The quantitative estimate of drug-likeness (QED) is 0.467. The molecule has 0 radical (unpaired) electrons. The Morgan fingerprint density at radius 2 is 1.62 bits per heavy atom. The molecule has 0 unspecified atom stereocenters. The van der Waals surface area contributed by atoms with Gasteiger partial charge in [-0.3, -0.25) is 9.10 Å². The van der Waals surface area contributed by atoms with E-state index in [-0.39, 0.29) is 12.5 Å². The molecular weight excluding hydrogens is 455 g/mol. The molecule has 8 heteroatoms. The van der Waals surface area contributed by atoms with Crippen LogP contribution in [0.4, 0.5) is 15.8 Å². The highest BCUT2D eigenvalue weighted by molar-refractivity contribution is 7.92. The molecule has 0 saturated heterocycles. The van der Waals surface area contributed by atoms with Gasteiger partial charge in [-0.2, -0.15) is 0 Å². The van der Waals surface area contributed by atoms with Crippen LogP contribution in [0.15, 0.2) is 54.6 Å². The van der Waals surface area contributed by atoms with Crippen LogP contribution < -0.4 is 14.4 Å². The number of anilines is 2. The minimum atomic E-state index is -3.70. The zero-order valence-corrected chi connectivity index (χ0v) is 20.8. The van der Waals surface area contributed by atoms with Gasteiger partial charge in [0.1, 0.15) is 11.6 Å². The smallest absolute Gasteiger partial charge is 0.255 e. The number of aryl methyl sites for hydroxylation is 3. The summed E-state index contributed by atoms with van der Waals surface area (Å²) >= 11 is 0. The molecule has 6 nitrogen and oxygen atoms in total. The topological polar surface area (TPSA) is 75.7 Å². The van der Waals surface area contributed by atoms with Crippen molar-refractivity contribution in [2.24, 2.45) is 0 Å². The fourth-order valence-corrected chi connectivity index (χ4v) is 4.74. The van der Waals surface area contributed by atoms with Gasteiger partial charge in [-0.25, -0.2) is 12.8 Å². The second-order valence-corrected chi connectivity index (χ2v) is 10.1. The summed E-state index contributed by atoms with van der Waals surface area (Å²) in [7, 11) is -3.70. The number of benzene rings is 3. The van der Waals surface area contributed by atoms with Gasteiger partial charge in [0.15, 0.2) is 0 Å². The van der Waals surface area contributed by atoms with Crippen molar-refractivity contribution in [2.75, 3.05) is 22.5 Å². The van der Waals surface area contributed by atoms with Crippen molar-refractivity contribution in [1.29, 1.82) is 0 Å². The highest BCUT2D eigenvalue weighted by Crippen LogP contribution is 2.28. The molecule has 180 valence electrons. The largest absolute Gasteiger partial charge is 0.494 e. The lowest BCUT2D eigenvalue weighted by Gasteiger charge is -2.24. The van der Waals surface area contributed by atoms with Gasteiger partial charge in [0.05, 0.1) is 25.1 Å². The van der Waals surface area contributed by atoms with E-state index in [1.807, 2.05) is 39.8 Å². The van der Waals surface area contributed by atoms with Crippen LogP contribution in [0.25, 0.3) is 0 Å². The molecule has 0 aromatic heterocycles. The predicted octanol–water partition coefficient (Wildman–Crippen LogP) is 5.37. The van der Waals surface area contributed by atoms with E-state index in [2.05, 4.69) is 5.32 Å². The van der Waals surface area contributed by atoms with Gasteiger partial charge in [-0.05, 0) is 81.3 Å². The third-order valence-corrected chi connectivity index (χ3v) is 6.51. The first-order valence-corrected chi connectivity index (χ1v) is 12.7. The Hall–Kier alpha value is -3.39. The van der Waals surface area contributed by atoms with Gasteiger partial charge < -0.3 is 10.1 Å². The molecule has 1 amide bonds. The molecule has 3 rings (SSSR count). The Labute approximate surface area is 200 Å². The molecule has 0 spiro atoms. The zero-order valence-electron chi connectivity index (χ0n) is 20.0. The standard InChI is InChI=1S/C26H29FN2O4S/c1-6-33-24-12-7-20(26(30)28-25-18(3)13-17(2)14-19(25)4)15-21(24)16-29(34(5,31)32)23-10-8-22(27)9-11-23/h7-15H,6,16H2,1-5H3,(H,28,30). The molecule has 0 bridgehead atoms. The fraction of sp³-hybridized carbons (Fsp3) is 0.269. The minimum Gasteiger partial charge on any atom is -0.494 e. The Kier molecular flexibility index (Phi) is 7.61. The van der Waals surface area contributed by atoms with Crippen molar-refractivity contribution < 1.29 is 22.3 Å². The van der Waals surface area contributed by atoms with Crippen LogP contribution in [0.5, 0.6) is 5.75 Å². The molecule has 0 aliphatic carbocycles. The average molecular weight is 485 g/mol. The van der Waals surface area contributed by atoms with E-state index in [9.17, 15) is 17.6 Å². The van der Waals surface area contributed by atoms with Gasteiger partial charge in [-0.15, -0.1) is 0 Å². The number of hydrogen-bond acceptors (Lipinski definition) is 4. The third kappa shape index (κ3) is 5.94. The summed E-state index contributed by atoms with van der Waals surface area (Å²) in [5, 5.41) is 2.97. The SMILES string of the molecule is CCOc1ccc(C(=O)Nc2c(C)cc(C)cc2C)cc1CN(c1ccc(F)cc1)S(C)(=O)=O. The molecule has 0 heterocycles. The molecule has 3 aromatic carbocycles. The Balaban J connectivity index is 1.98. The maximum Gasteiger partial charge on any atom is 0.255 e. The second-order valence-electron chi connectivity index (χ2n) is 8.23. The lowest BCUT2D eigenvalue weighted by molar-refractivity contribution is 0.102. The van der Waals surface area contributed by atoms with Crippen LogP contribution in [0.3, 0.4) is 0 Å². The number of rotatable bonds is 8. The van der Waals surface area contributed by atoms with Crippen molar-refractivity contribution >= 4 is 27.3 Å². The van der Waals surface area contributed by atoms with Gasteiger partial charge in [-0.1, -0.05) is 17.7 Å². The third-order valence-electron chi connectivity index (χ3n) is 5.37. The van der Waals surface area contributed by atoms with Crippen LogP contribution in [0.1, 0.15) is 39.5 Å². The maximum absolute atomic E-state index is 13.4. The normalized spacial score (nSPS) is 11.2. The van der Waals surface area contributed by atoms with Crippen molar-refractivity contribution in [3.05, 3.63) is 88.2 Å². The molecule has 0 aliphatic heterocycles. The molecule has 3 aromatic rings. The highest BCUT2D eigenvalue weighted by atomic mass is 32.2. The molecule has 0 fully saturated rings. The summed E-state index contributed by atoms with van der Waals surface area (Å²) in [6.45, 7) is 7.98. The maximum atomic E-state index is 13.4. The average Bonchev–Trinajstić information content (AvgIpc) is 2.75. The summed E-state index contributed by atoms with van der Waals surface area (Å²) in [5.41, 5.74) is 4.96. The number of hydrogen-bond donors (Lipinski definition) is 1. The first kappa shape index (κ1) is 25.2. The summed E-state index contributed by atoms with van der Waals surface area (Å²) in [5.74, 6) is -0.308. The van der Waals surface area contributed by atoms with E-state index in [1.54, 1.807) is 18.2 Å². The summed E-state index contributed by atoms with van der Waals surface area (Å²) in [6.07, 6.45) is 1.08. The molecule has 0 aliphatic rings. The van der Waals surface area contributed by atoms with Crippen molar-refractivity contribution in [2.45, 2.75) is 34.2 Å². The fourth-order valence-electron chi connectivity index (χ4n) is 3.87. The van der Waals surface area contributed by atoms with Gasteiger partial charge in [0.25, 0.3) is 5.91 Å². The number of ether oxygens (including phenoxy) is 1. The van der Waals surface area contributed by atoms with Crippen molar-refractivity contribution in [1.82, 2.24) is 0 Å². The monoisotopic (exact) mass is 484 g/mol. The first-order chi connectivity index (χ1) is 16.0. The van der Waals surface area contributed by atoms with E-state index in [4.69, 9.17) is 4.74 Å². The Morgan fingerprint density at radius 1 is 1.00 bits per heavy atom. The second kappa shape index (κ2) is 10.3. The first-order valence-electron chi connectivity index (χ1n) is 10.9. The molecular formula is C26H29FN2O4S. The van der Waals surface area contributed by atoms with Gasteiger partial charge in [0, 0.05) is 16.8 Å². The Bertz CT molecular complexity index is 1280. The van der Waals surface area contributed by atoms with Gasteiger partial charge in [0.2, 0.25) is 10.0 Å².